The molecular formula is C6H14O3. The lowest BCUT2D eigenvalue weighted by molar-refractivity contribution is -0.0847. The van der Waals surface area contributed by atoms with E-state index in [0.29, 0.717) is 13.4 Å². The standard InChI is InChI=1S/C6H14O3/c1-6(4-7-2)9-5-8-3/h6H,4-5H2,1-3H3. The molecule has 0 spiro atoms. The van der Waals surface area contributed by atoms with E-state index in [2.05, 4.69) is 4.74 Å². The first kappa shape index (κ1) is 8.88. The molecule has 0 aromatic rings. The van der Waals surface area contributed by atoms with Gasteiger partial charge in [-0.15, -0.1) is 0 Å². The number of rotatable bonds is 5. The van der Waals surface area contributed by atoms with Crippen LogP contribution in [-0.2, 0) is 14.2 Å². The molecule has 0 aliphatic heterocycles. The van der Waals surface area contributed by atoms with Gasteiger partial charge in [-0.2, -0.15) is 0 Å². The van der Waals surface area contributed by atoms with Gasteiger partial charge in [-0.25, -0.2) is 0 Å². The first-order valence-electron chi connectivity index (χ1n) is 2.90. The Balaban J connectivity index is 2.95. The second-order valence-electron chi connectivity index (χ2n) is 1.84. The minimum atomic E-state index is 0.120. The van der Waals surface area contributed by atoms with Crippen LogP contribution in [0.25, 0.3) is 0 Å². The molecule has 0 saturated heterocycles. The van der Waals surface area contributed by atoms with E-state index in [-0.39, 0.29) is 6.10 Å². The van der Waals surface area contributed by atoms with E-state index in [0.717, 1.165) is 0 Å². The Morgan fingerprint density at radius 1 is 1.22 bits per heavy atom. The summed E-state index contributed by atoms with van der Waals surface area (Å²) in [7, 11) is 3.24. The van der Waals surface area contributed by atoms with Crippen LogP contribution in [0.3, 0.4) is 0 Å². The summed E-state index contributed by atoms with van der Waals surface area (Å²) in [6.07, 6.45) is 0.120. The van der Waals surface area contributed by atoms with E-state index < -0.39 is 0 Å². The Labute approximate surface area is 55.9 Å². The smallest absolute Gasteiger partial charge is 0.146 e. The molecule has 0 saturated carbocycles. The first-order chi connectivity index (χ1) is 4.31. The molecule has 0 heterocycles. The molecule has 0 aliphatic rings. The van der Waals surface area contributed by atoms with Crippen molar-refractivity contribution in [1.82, 2.24) is 0 Å². The van der Waals surface area contributed by atoms with E-state index in [1.807, 2.05) is 6.92 Å². The van der Waals surface area contributed by atoms with Gasteiger partial charge in [0.1, 0.15) is 6.79 Å². The summed E-state index contributed by atoms with van der Waals surface area (Å²) < 4.78 is 14.6. The summed E-state index contributed by atoms with van der Waals surface area (Å²) in [6.45, 7) is 2.89. The first-order valence-corrected chi connectivity index (χ1v) is 2.90. The summed E-state index contributed by atoms with van der Waals surface area (Å²) in [6, 6.07) is 0. The average Bonchev–Trinajstić information content (AvgIpc) is 1.85. The van der Waals surface area contributed by atoms with Crippen LogP contribution >= 0.6 is 0 Å². The minimum absolute atomic E-state index is 0.120. The number of hydrogen-bond donors (Lipinski definition) is 0. The van der Waals surface area contributed by atoms with Crippen molar-refractivity contribution in [1.29, 1.82) is 0 Å². The van der Waals surface area contributed by atoms with Crippen molar-refractivity contribution in [2.24, 2.45) is 0 Å². The van der Waals surface area contributed by atoms with Crippen molar-refractivity contribution in [3.05, 3.63) is 0 Å². The maximum atomic E-state index is 5.08. The highest BCUT2D eigenvalue weighted by Gasteiger charge is 1.97. The van der Waals surface area contributed by atoms with Crippen molar-refractivity contribution < 1.29 is 14.2 Å². The fraction of sp³-hybridized carbons (Fsp3) is 1.00. The Kier molecular flexibility index (Phi) is 5.93. The van der Waals surface area contributed by atoms with Gasteiger partial charge in [0, 0.05) is 14.2 Å². The van der Waals surface area contributed by atoms with Crippen LogP contribution in [0.5, 0.6) is 0 Å². The van der Waals surface area contributed by atoms with Gasteiger partial charge in [-0.1, -0.05) is 0 Å². The van der Waals surface area contributed by atoms with Crippen LogP contribution in [0.4, 0.5) is 0 Å². The van der Waals surface area contributed by atoms with E-state index in [1.54, 1.807) is 14.2 Å². The molecule has 1 unspecified atom stereocenters. The summed E-state index contributed by atoms with van der Waals surface area (Å²) in [5.41, 5.74) is 0. The average molecular weight is 134 g/mol. The molecule has 0 aliphatic carbocycles. The third-order valence-corrected chi connectivity index (χ3v) is 0.872. The largest absolute Gasteiger partial charge is 0.382 e. The fourth-order valence-electron chi connectivity index (χ4n) is 0.467. The topological polar surface area (TPSA) is 27.7 Å². The normalized spacial score (nSPS) is 13.7. The number of methoxy groups -OCH3 is 2. The van der Waals surface area contributed by atoms with Gasteiger partial charge >= 0.3 is 0 Å². The second-order valence-corrected chi connectivity index (χ2v) is 1.84. The maximum absolute atomic E-state index is 5.08. The predicted octanol–water partition coefficient (Wildman–Crippen LogP) is 0.642. The summed E-state index contributed by atoms with van der Waals surface area (Å²) >= 11 is 0. The quantitative estimate of drug-likeness (QED) is 0.516. The number of ether oxygens (including phenoxy) is 3. The van der Waals surface area contributed by atoms with E-state index in [9.17, 15) is 0 Å². The zero-order valence-electron chi connectivity index (χ0n) is 6.22. The molecule has 0 rings (SSSR count). The van der Waals surface area contributed by atoms with Crippen LogP contribution in [-0.4, -0.2) is 33.7 Å². The van der Waals surface area contributed by atoms with Crippen molar-refractivity contribution in [2.45, 2.75) is 13.0 Å². The monoisotopic (exact) mass is 134 g/mol. The molecule has 0 bridgehead atoms. The molecule has 0 aromatic heterocycles. The Bertz CT molecular complexity index is 56.3. The van der Waals surface area contributed by atoms with Gasteiger partial charge in [0.2, 0.25) is 0 Å². The molecule has 0 aromatic carbocycles. The van der Waals surface area contributed by atoms with Crippen LogP contribution in [0, 0.1) is 0 Å². The van der Waals surface area contributed by atoms with Gasteiger partial charge in [0.25, 0.3) is 0 Å². The Morgan fingerprint density at radius 3 is 2.33 bits per heavy atom. The summed E-state index contributed by atoms with van der Waals surface area (Å²) in [4.78, 5) is 0. The van der Waals surface area contributed by atoms with Gasteiger partial charge in [-0.05, 0) is 6.92 Å². The van der Waals surface area contributed by atoms with E-state index in [4.69, 9.17) is 9.47 Å². The third kappa shape index (κ3) is 5.76. The lowest BCUT2D eigenvalue weighted by Crippen LogP contribution is -2.15. The molecule has 56 valence electrons. The highest BCUT2D eigenvalue weighted by Crippen LogP contribution is 1.89. The molecule has 1 atom stereocenters. The van der Waals surface area contributed by atoms with Gasteiger partial charge in [0.05, 0.1) is 12.7 Å². The fourth-order valence-corrected chi connectivity index (χ4v) is 0.467. The van der Waals surface area contributed by atoms with Gasteiger partial charge in [-0.3, -0.25) is 0 Å². The molecular weight excluding hydrogens is 120 g/mol. The van der Waals surface area contributed by atoms with Crippen LogP contribution in [0.15, 0.2) is 0 Å². The molecule has 0 N–H and O–H groups in total. The van der Waals surface area contributed by atoms with Gasteiger partial charge < -0.3 is 14.2 Å². The van der Waals surface area contributed by atoms with Crippen LogP contribution in [0.2, 0.25) is 0 Å². The zero-order chi connectivity index (χ0) is 7.11. The van der Waals surface area contributed by atoms with Crippen LogP contribution < -0.4 is 0 Å². The molecule has 0 fully saturated rings. The molecule has 3 heteroatoms. The van der Waals surface area contributed by atoms with Crippen molar-refractivity contribution in [3.8, 4) is 0 Å². The highest BCUT2D eigenvalue weighted by atomic mass is 16.7. The summed E-state index contributed by atoms with van der Waals surface area (Å²) in [5, 5.41) is 0. The van der Waals surface area contributed by atoms with Gasteiger partial charge in [0.15, 0.2) is 0 Å². The lowest BCUT2D eigenvalue weighted by atomic mass is 10.4. The Hall–Kier alpha value is -0.120. The van der Waals surface area contributed by atoms with E-state index in [1.165, 1.54) is 0 Å². The molecule has 0 radical (unpaired) electrons. The second kappa shape index (κ2) is 6.01. The van der Waals surface area contributed by atoms with Crippen molar-refractivity contribution in [2.75, 3.05) is 27.6 Å². The van der Waals surface area contributed by atoms with Crippen LogP contribution in [0.1, 0.15) is 6.92 Å². The zero-order valence-corrected chi connectivity index (χ0v) is 6.22. The lowest BCUT2D eigenvalue weighted by Gasteiger charge is -2.09. The highest BCUT2D eigenvalue weighted by molar-refractivity contribution is 4.42. The van der Waals surface area contributed by atoms with Crippen molar-refractivity contribution in [3.63, 3.8) is 0 Å². The predicted molar refractivity (Wildman–Crippen MR) is 34.3 cm³/mol. The van der Waals surface area contributed by atoms with Crippen molar-refractivity contribution >= 4 is 0 Å². The Morgan fingerprint density at radius 2 is 1.89 bits per heavy atom. The SMILES string of the molecule is COCOC(C)COC. The molecule has 9 heavy (non-hydrogen) atoms. The third-order valence-electron chi connectivity index (χ3n) is 0.872. The minimum Gasteiger partial charge on any atom is -0.382 e. The molecule has 0 amide bonds. The molecule has 3 nitrogen and oxygen atoms in total. The maximum Gasteiger partial charge on any atom is 0.146 e. The number of hydrogen-bond acceptors (Lipinski definition) is 3. The van der Waals surface area contributed by atoms with E-state index >= 15 is 0 Å². The summed E-state index contributed by atoms with van der Waals surface area (Å²) in [5.74, 6) is 0.